The van der Waals surface area contributed by atoms with E-state index >= 15 is 0 Å². The quantitative estimate of drug-likeness (QED) is 0.609. The van der Waals surface area contributed by atoms with Gasteiger partial charge in [0.1, 0.15) is 16.2 Å². The first-order chi connectivity index (χ1) is 10.5. The van der Waals surface area contributed by atoms with E-state index in [9.17, 15) is 13.2 Å². The summed E-state index contributed by atoms with van der Waals surface area (Å²) < 4.78 is 26.2. The number of aryl methyl sites for hydroxylation is 1. The highest BCUT2D eigenvalue weighted by atomic mass is 32.2. The second-order valence-corrected chi connectivity index (χ2v) is 6.27. The molecule has 0 radical (unpaired) electrons. The summed E-state index contributed by atoms with van der Waals surface area (Å²) in [6.07, 6.45) is 4.57. The summed E-state index contributed by atoms with van der Waals surface area (Å²) in [5, 5.41) is 0.447. The van der Waals surface area contributed by atoms with Crippen molar-refractivity contribution in [2.75, 3.05) is 0 Å². The lowest BCUT2D eigenvalue weighted by atomic mass is 10.3. The van der Waals surface area contributed by atoms with Crippen molar-refractivity contribution < 1.29 is 13.2 Å². The van der Waals surface area contributed by atoms with E-state index in [2.05, 4.69) is 20.2 Å². The number of fused-ring (bicyclic) bond motifs is 1. The van der Waals surface area contributed by atoms with Crippen molar-refractivity contribution in [3.05, 3.63) is 48.5 Å². The molecule has 3 aromatic rings. The summed E-state index contributed by atoms with van der Waals surface area (Å²) in [4.78, 5) is 20.8. The molecule has 0 aliphatic carbocycles. The standard InChI is InChI=1S/C13H13N5O3S/c1-18-7-3-5-10(18)13(19)16-17-22(20,21)11-8-15-12-9(11)4-2-6-14-12/h2-8,17H,1H3,(H,14,15)(H,16,19). The van der Waals surface area contributed by atoms with E-state index in [-0.39, 0.29) is 4.90 Å². The van der Waals surface area contributed by atoms with Crippen LogP contribution in [0.15, 0.2) is 47.8 Å². The molecule has 0 aliphatic heterocycles. The topological polar surface area (TPSA) is 109 Å². The van der Waals surface area contributed by atoms with Crippen LogP contribution in [0, 0.1) is 0 Å². The van der Waals surface area contributed by atoms with Gasteiger partial charge in [0.25, 0.3) is 15.9 Å². The second-order valence-electron chi connectivity index (χ2n) is 4.62. The Kier molecular flexibility index (Phi) is 3.43. The number of H-pyrrole nitrogens is 1. The Balaban J connectivity index is 1.82. The zero-order valence-electron chi connectivity index (χ0n) is 11.6. The third-order valence-corrected chi connectivity index (χ3v) is 4.47. The number of rotatable bonds is 4. The third kappa shape index (κ3) is 2.47. The average molecular weight is 319 g/mol. The van der Waals surface area contributed by atoms with Crippen molar-refractivity contribution in [3.8, 4) is 0 Å². The number of hydrogen-bond acceptors (Lipinski definition) is 4. The summed E-state index contributed by atoms with van der Waals surface area (Å²) in [6, 6.07) is 6.54. The largest absolute Gasteiger partial charge is 0.347 e. The molecule has 0 bridgehead atoms. The van der Waals surface area contributed by atoms with E-state index in [0.717, 1.165) is 0 Å². The maximum Gasteiger partial charge on any atom is 0.282 e. The molecule has 0 aliphatic rings. The first kappa shape index (κ1) is 14.3. The maximum atomic E-state index is 12.3. The highest BCUT2D eigenvalue weighted by molar-refractivity contribution is 7.89. The van der Waals surface area contributed by atoms with Crippen molar-refractivity contribution in [1.82, 2.24) is 24.8 Å². The molecule has 3 aromatic heterocycles. The average Bonchev–Trinajstić information content (AvgIpc) is 3.11. The fraction of sp³-hybridized carbons (Fsp3) is 0.0769. The minimum Gasteiger partial charge on any atom is -0.347 e. The number of hydrazine groups is 1. The molecule has 22 heavy (non-hydrogen) atoms. The van der Waals surface area contributed by atoms with E-state index in [1.165, 1.54) is 6.20 Å². The fourth-order valence-electron chi connectivity index (χ4n) is 2.08. The molecule has 0 unspecified atom stereocenters. The minimum absolute atomic E-state index is 0.0165. The molecule has 1 amide bonds. The van der Waals surface area contributed by atoms with E-state index in [1.807, 2.05) is 0 Å². The van der Waals surface area contributed by atoms with Crippen molar-refractivity contribution in [3.63, 3.8) is 0 Å². The molecule has 3 rings (SSSR count). The molecule has 0 spiro atoms. The van der Waals surface area contributed by atoms with Gasteiger partial charge in [0.15, 0.2) is 0 Å². The molecule has 3 N–H and O–H groups in total. The van der Waals surface area contributed by atoms with Gasteiger partial charge in [-0.05, 0) is 24.3 Å². The first-order valence-corrected chi connectivity index (χ1v) is 7.83. The molecule has 8 nitrogen and oxygen atoms in total. The van der Waals surface area contributed by atoms with E-state index in [0.29, 0.717) is 16.7 Å². The summed E-state index contributed by atoms with van der Waals surface area (Å²) in [5.74, 6) is -0.547. The van der Waals surface area contributed by atoms with Crippen LogP contribution in [0.25, 0.3) is 11.0 Å². The lowest BCUT2D eigenvalue weighted by molar-refractivity contribution is 0.0937. The Morgan fingerprint density at radius 2 is 2.14 bits per heavy atom. The molecule has 0 saturated heterocycles. The number of carbonyl (C=O) groups is 1. The van der Waals surface area contributed by atoms with Crippen molar-refractivity contribution in [2.45, 2.75) is 4.90 Å². The van der Waals surface area contributed by atoms with Gasteiger partial charge in [-0.3, -0.25) is 10.2 Å². The van der Waals surface area contributed by atoms with Gasteiger partial charge >= 0.3 is 0 Å². The van der Waals surface area contributed by atoms with E-state index < -0.39 is 15.9 Å². The van der Waals surface area contributed by atoms with Gasteiger partial charge in [0, 0.05) is 31.0 Å². The van der Waals surface area contributed by atoms with Crippen LogP contribution in [0.4, 0.5) is 0 Å². The van der Waals surface area contributed by atoms with Crippen LogP contribution in [0.5, 0.6) is 0 Å². The van der Waals surface area contributed by atoms with E-state index in [1.54, 1.807) is 48.3 Å². The third-order valence-electron chi connectivity index (χ3n) is 3.18. The van der Waals surface area contributed by atoms with Gasteiger partial charge in [-0.15, -0.1) is 4.83 Å². The van der Waals surface area contributed by atoms with Gasteiger partial charge in [-0.25, -0.2) is 13.4 Å². The Morgan fingerprint density at radius 1 is 1.32 bits per heavy atom. The summed E-state index contributed by atoms with van der Waals surface area (Å²) in [5.41, 5.74) is 2.98. The van der Waals surface area contributed by atoms with Crippen LogP contribution < -0.4 is 10.3 Å². The predicted molar refractivity (Wildman–Crippen MR) is 79.3 cm³/mol. The van der Waals surface area contributed by atoms with Crippen molar-refractivity contribution in [2.24, 2.45) is 7.05 Å². The number of amides is 1. The van der Waals surface area contributed by atoms with Gasteiger partial charge in [-0.2, -0.15) is 0 Å². The summed E-state index contributed by atoms with van der Waals surface area (Å²) in [7, 11) is -2.22. The van der Waals surface area contributed by atoms with Crippen LogP contribution in [-0.2, 0) is 17.1 Å². The lowest BCUT2D eigenvalue weighted by Gasteiger charge is -2.08. The molecule has 0 fully saturated rings. The number of aromatic amines is 1. The van der Waals surface area contributed by atoms with Crippen molar-refractivity contribution >= 4 is 27.0 Å². The molecule has 0 atom stereocenters. The number of nitrogens with one attached hydrogen (secondary N) is 3. The highest BCUT2D eigenvalue weighted by Crippen LogP contribution is 2.20. The summed E-state index contributed by atoms with van der Waals surface area (Å²) >= 11 is 0. The predicted octanol–water partition coefficient (Wildman–Crippen LogP) is 0.525. The van der Waals surface area contributed by atoms with Crippen LogP contribution >= 0.6 is 0 Å². The first-order valence-electron chi connectivity index (χ1n) is 6.34. The lowest BCUT2D eigenvalue weighted by Crippen LogP contribution is -2.42. The van der Waals surface area contributed by atoms with Gasteiger partial charge in [0.2, 0.25) is 0 Å². The SMILES string of the molecule is Cn1cccc1C(=O)NNS(=O)(=O)c1c[nH]c2ncccc12. The molecule has 0 aromatic carbocycles. The van der Waals surface area contributed by atoms with Gasteiger partial charge < -0.3 is 9.55 Å². The van der Waals surface area contributed by atoms with Crippen LogP contribution in [0.3, 0.4) is 0 Å². The Bertz CT molecular complexity index is 941. The molecule has 9 heteroatoms. The van der Waals surface area contributed by atoms with Gasteiger partial charge in [0.05, 0.1) is 0 Å². The number of aromatic nitrogens is 3. The molecule has 3 heterocycles. The molecular formula is C13H13N5O3S. The Labute approximate surface area is 126 Å². The second kappa shape index (κ2) is 5.28. The molecule has 0 saturated carbocycles. The number of carbonyl (C=O) groups excluding carboxylic acids is 1. The van der Waals surface area contributed by atoms with Gasteiger partial charge in [-0.1, -0.05) is 0 Å². The maximum absolute atomic E-state index is 12.3. The number of pyridine rings is 1. The van der Waals surface area contributed by atoms with Crippen LogP contribution in [-0.4, -0.2) is 28.9 Å². The fourth-order valence-corrected chi connectivity index (χ4v) is 3.09. The smallest absolute Gasteiger partial charge is 0.282 e. The van der Waals surface area contributed by atoms with Crippen molar-refractivity contribution in [1.29, 1.82) is 0 Å². The zero-order valence-corrected chi connectivity index (χ0v) is 12.4. The number of hydrogen-bond donors (Lipinski definition) is 3. The van der Waals surface area contributed by atoms with Crippen LogP contribution in [0.2, 0.25) is 0 Å². The van der Waals surface area contributed by atoms with E-state index in [4.69, 9.17) is 0 Å². The molecule has 114 valence electrons. The van der Waals surface area contributed by atoms with Crippen LogP contribution in [0.1, 0.15) is 10.5 Å². The number of sulfonamides is 1. The normalized spacial score (nSPS) is 11.7. The zero-order chi connectivity index (χ0) is 15.7. The molecular weight excluding hydrogens is 306 g/mol. The number of nitrogens with zero attached hydrogens (tertiary/aromatic N) is 2. The minimum atomic E-state index is -3.90. The highest BCUT2D eigenvalue weighted by Gasteiger charge is 2.20. The summed E-state index contributed by atoms with van der Waals surface area (Å²) in [6.45, 7) is 0. The Hall–Kier alpha value is -2.65. The Morgan fingerprint density at radius 3 is 2.86 bits per heavy atom. The monoisotopic (exact) mass is 319 g/mol.